The fourth-order valence-corrected chi connectivity index (χ4v) is 3.30. The average molecular weight is 460 g/mol. The minimum Gasteiger partial charge on any atom is -0.380 e. The molecule has 2 rings (SSSR count). The van der Waals surface area contributed by atoms with Crippen LogP contribution in [-0.2, 0) is 9.59 Å². The lowest BCUT2D eigenvalue weighted by atomic mass is 10.0. The van der Waals surface area contributed by atoms with Gasteiger partial charge in [0.25, 0.3) is 11.8 Å². The van der Waals surface area contributed by atoms with Crippen LogP contribution in [0.25, 0.3) is 0 Å². The maximum absolute atomic E-state index is 12.7. The summed E-state index contributed by atoms with van der Waals surface area (Å²) in [4.78, 5) is 26.4. The summed E-state index contributed by atoms with van der Waals surface area (Å²) in [5.41, 5.74) is 2.47. The Kier molecular flexibility index (Phi) is 9.26. The minimum atomic E-state index is -1.91. The van der Waals surface area contributed by atoms with Crippen molar-refractivity contribution < 1.29 is 19.8 Å². The molecule has 172 valence electrons. The van der Waals surface area contributed by atoms with Gasteiger partial charge in [-0.3, -0.25) is 9.59 Å². The van der Waals surface area contributed by atoms with Gasteiger partial charge < -0.3 is 25.7 Å². The van der Waals surface area contributed by atoms with Gasteiger partial charge in [0.15, 0.2) is 12.2 Å². The number of amides is 2. The minimum absolute atomic E-state index is 0.417. The van der Waals surface area contributed by atoms with Crippen molar-refractivity contribution >= 4 is 29.1 Å². The molecule has 0 aliphatic heterocycles. The van der Waals surface area contributed by atoms with Crippen LogP contribution in [0.4, 0.5) is 5.69 Å². The van der Waals surface area contributed by atoms with Gasteiger partial charge in [0.2, 0.25) is 0 Å². The molecule has 2 aromatic rings. The monoisotopic (exact) mass is 459 g/mol. The van der Waals surface area contributed by atoms with Crippen molar-refractivity contribution in [1.29, 1.82) is 0 Å². The van der Waals surface area contributed by atoms with Gasteiger partial charge >= 0.3 is 0 Å². The number of nitrogens with zero attached hydrogens (tertiary/aromatic N) is 1. The summed E-state index contributed by atoms with van der Waals surface area (Å²) < 4.78 is 0. The number of carbonyl (C=O) groups is 2. The molecule has 2 aromatic carbocycles. The second-order valence-corrected chi connectivity index (χ2v) is 8.00. The van der Waals surface area contributed by atoms with E-state index in [0.717, 1.165) is 16.8 Å². The maximum Gasteiger partial charge on any atom is 0.254 e. The number of aliphatic hydroxyl groups excluding tert-OH is 2. The van der Waals surface area contributed by atoms with Crippen LogP contribution in [0.3, 0.4) is 0 Å². The number of hydrogen-bond acceptors (Lipinski definition) is 5. The SMILES string of the molecule is C/C=C\Nc1ccc([C@@H](C)NC(=O)C(O)[C@@H](O)C(=O)N(C)C(C)c2cccc(Cl)c2)cc1. The van der Waals surface area contributed by atoms with E-state index >= 15 is 0 Å². The van der Waals surface area contributed by atoms with Gasteiger partial charge in [0.05, 0.1) is 12.1 Å². The summed E-state index contributed by atoms with van der Waals surface area (Å²) >= 11 is 6.01. The second kappa shape index (κ2) is 11.7. The third-order valence-electron chi connectivity index (χ3n) is 5.27. The second-order valence-electron chi connectivity index (χ2n) is 7.57. The van der Waals surface area contributed by atoms with E-state index in [1.807, 2.05) is 37.3 Å². The predicted molar refractivity (Wildman–Crippen MR) is 126 cm³/mol. The summed E-state index contributed by atoms with van der Waals surface area (Å²) in [6, 6.07) is 13.5. The van der Waals surface area contributed by atoms with E-state index in [4.69, 9.17) is 11.6 Å². The van der Waals surface area contributed by atoms with Crippen molar-refractivity contribution in [3.8, 4) is 0 Å². The summed E-state index contributed by atoms with van der Waals surface area (Å²) in [5.74, 6) is -1.61. The highest BCUT2D eigenvalue weighted by Gasteiger charge is 2.34. The zero-order valence-electron chi connectivity index (χ0n) is 18.6. The van der Waals surface area contributed by atoms with E-state index in [2.05, 4.69) is 10.6 Å². The Morgan fingerprint density at radius 1 is 1.03 bits per heavy atom. The lowest BCUT2D eigenvalue weighted by Gasteiger charge is -2.29. The molecule has 0 aliphatic rings. The smallest absolute Gasteiger partial charge is 0.254 e. The molecule has 0 saturated carbocycles. The number of carbonyl (C=O) groups excluding carboxylic acids is 2. The molecule has 0 bridgehead atoms. The van der Waals surface area contributed by atoms with E-state index in [-0.39, 0.29) is 0 Å². The number of benzene rings is 2. The number of allylic oxidation sites excluding steroid dienone is 1. The van der Waals surface area contributed by atoms with Gasteiger partial charge in [-0.1, -0.05) is 41.9 Å². The Labute approximate surface area is 193 Å². The molecular weight excluding hydrogens is 430 g/mol. The highest BCUT2D eigenvalue weighted by molar-refractivity contribution is 6.30. The van der Waals surface area contributed by atoms with Crippen LogP contribution in [-0.4, -0.2) is 46.2 Å². The summed E-state index contributed by atoms with van der Waals surface area (Å²) in [7, 11) is 1.49. The number of hydrogen-bond donors (Lipinski definition) is 4. The molecular formula is C24H30ClN3O4. The number of halogens is 1. The molecule has 0 aliphatic carbocycles. The Morgan fingerprint density at radius 2 is 1.69 bits per heavy atom. The summed E-state index contributed by atoms with van der Waals surface area (Å²) in [6.07, 6.45) is -0.132. The summed E-state index contributed by atoms with van der Waals surface area (Å²) in [6.45, 7) is 5.42. The number of nitrogens with one attached hydrogen (secondary N) is 2. The Balaban J connectivity index is 1.98. The predicted octanol–water partition coefficient (Wildman–Crippen LogP) is 3.40. The fraction of sp³-hybridized carbons (Fsp3) is 0.333. The number of anilines is 1. The molecule has 0 spiro atoms. The van der Waals surface area contributed by atoms with Crippen molar-refractivity contribution in [2.24, 2.45) is 0 Å². The molecule has 0 saturated heterocycles. The molecule has 4 atom stereocenters. The zero-order chi connectivity index (χ0) is 23.8. The van der Waals surface area contributed by atoms with Crippen molar-refractivity contribution in [3.05, 3.63) is 77.0 Å². The molecule has 2 amide bonds. The fourth-order valence-electron chi connectivity index (χ4n) is 3.10. The Hall–Kier alpha value is -2.87. The van der Waals surface area contributed by atoms with Crippen LogP contribution in [0.1, 0.15) is 44.0 Å². The first-order valence-corrected chi connectivity index (χ1v) is 10.7. The van der Waals surface area contributed by atoms with E-state index in [1.54, 1.807) is 44.3 Å². The Bertz CT molecular complexity index is 949. The number of rotatable bonds is 9. The van der Waals surface area contributed by atoms with E-state index in [0.29, 0.717) is 5.02 Å². The third-order valence-corrected chi connectivity index (χ3v) is 5.50. The van der Waals surface area contributed by atoms with Crippen LogP contribution < -0.4 is 10.6 Å². The molecule has 0 radical (unpaired) electrons. The van der Waals surface area contributed by atoms with Crippen molar-refractivity contribution in [2.45, 2.75) is 45.1 Å². The van der Waals surface area contributed by atoms with Crippen LogP contribution in [0.15, 0.2) is 60.8 Å². The standard InChI is InChI=1S/C24H30ClN3O4/c1-5-13-26-20-11-9-17(10-12-20)15(2)27-23(31)21(29)22(30)24(32)28(4)16(3)18-7-6-8-19(25)14-18/h5-16,21-22,26,29-30H,1-4H3,(H,27,31)/b13-5-/t15-,16?,21?,22-/m1/s1. The van der Waals surface area contributed by atoms with Gasteiger partial charge in [-0.15, -0.1) is 0 Å². The van der Waals surface area contributed by atoms with Gasteiger partial charge in [-0.25, -0.2) is 0 Å². The van der Waals surface area contributed by atoms with E-state index in [1.165, 1.54) is 11.9 Å². The highest BCUT2D eigenvalue weighted by atomic mass is 35.5. The van der Waals surface area contributed by atoms with Crippen LogP contribution in [0.2, 0.25) is 5.02 Å². The maximum atomic E-state index is 12.7. The van der Waals surface area contributed by atoms with Crippen molar-refractivity contribution in [3.63, 3.8) is 0 Å². The van der Waals surface area contributed by atoms with Crippen LogP contribution in [0.5, 0.6) is 0 Å². The molecule has 2 unspecified atom stereocenters. The zero-order valence-corrected chi connectivity index (χ0v) is 19.4. The van der Waals surface area contributed by atoms with E-state index < -0.39 is 36.1 Å². The molecule has 32 heavy (non-hydrogen) atoms. The summed E-state index contributed by atoms with van der Waals surface area (Å²) in [5, 5.41) is 26.9. The lowest BCUT2D eigenvalue weighted by Crippen LogP contribution is -2.50. The first kappa shape index (κ1) is 25.4. The normalized spacial score (nSPS) is 15.0. The molecule has 7 nitrogen and oxygen atoms in total. The third kappa shape index (κ3) is 6.56. The number of likely N-dealkylation sites (N-methyl/N-ethyl adjacent to an activating group) is 1. The Morgan fingerprint density at radius 3 is 2.28 bits per heavy atom. The molecule has 0 heterocycles. The van der Waals surface area contributed by atoms with Gasteiger partial charge in [0.1, 0.15) is 0 Å². The average Bonchev–Trinajstić information content (AvgIpc) is 2.80. The highest BCUT2D eigenvalue weighted by Crippen LogP contribution is 2.23. The van der Waals surface area contributed by atoms with Crippen molar-refractivity contribution in [2.75, 3.05) is 12.4 Å². The molecule has 0 fully saturated rings. The number of aliphatic hydroxyl groups is 2. The topological polar surface area (TPSA) is 102 Å². The van der Waals surface area contributed by atoms with Gasteiger partial charge in [0, 0.05) is 17.8 Å². The first-order valence-electron chi connectivity index (χ1n) is 10.3. The van der Waals surface area contributed by atoms with Crippen LogP contribution in [0, 0.1) is 0 Å². The molecule has 0 aromatic heterocycles. The van der Waals surface area contributed by atoms with Gasteiger partial charge in [-0.05, 0) is 62.4 Å². The van der Waals surface area contributed by atoms with Gasteiger partial charge in [-0.2, -0.15) is 0 Å². The van der Waals surface area contributed by atoms with Crippen molar-refractivity contribution in [1.82, 2.24) is 10.2 Å². The van der Waals surface area contributed by atoms with E-state index in [9.17, 15) is 19.8 Å². The lowest BCUT2D eigenvalue weighted by molar-refractivity contribution is -0.153. The first-order chi connectivity index (χ1) is 15.1. The van der Waals surface area contributed by atoms with Crippen LogP contribution >= 0.6 is 11.6 Å². The molecule has 8 heteroatoms. The molecule has 4 N–H and O–H groups in total. The largest absolute Gasteiger partial charge is 0.380 e. The quantitative estimate of drug-likeness (QED) is 0.460.